The Bertz CT molecular complexity index is 628. The van der Waals surface area contributed by atoms with Crippen molar-refractivity contribution in [2.45, 2.75) is 44.8 Å². The van der Waals surface area contributed by atoms with Gasteiger partial charge in [0.05, 0.1) is 25.3 Å². The predicted molar refractivity (Wildman–Crippen MR) is 109 cm³/mol. The average molecular weight is 415 g/mol. The summed E-state index contributed by atoms with van der Waals surface area (Å²) in [5.74, 6) is 0.0844. The standard InChI is InChI=1S/C20H30N2O5.ClH/c1-3-10-27-18-13-14(7-8-17(18)21)19(23)22-9-11-26-16-6-4-5-15(12-16)20(24)25-2;/h4-6,12,14,17-18H,3,7-11,13,21H2,1-2H3,(H,22,23);1H/t14-,17-,18-;/m0./s1. The molecule has 1 aliphatic rings. The molecule has 3 atom stereocenters. The van der Waals surface area contributed by atoms with Crippen LogP contribution in [0.4, 0.5) is 0 Å². The van der Waals surface area contributed by atoms with Gasteiger partial charge in [0.1, 0.15) is 12.4 Å². The highest BCUT2D eigenvalue weighted by Gasteiger charge is 2.32. The van der Waals surface area contributed by atoms with Gasteiger partial charge >= 0.3 is 5.97 Å². The van der Waals surface area contributed by atoms with Gasteiger partial charge in [-0.15, -0.1) is 12.4 Å². The molecule has 0 radical (unpaired) electrons. The fourth-order valence-electron chi connectivity index (χ4n) is 3.17. The minimum Gasteiger partial charge on any atom is -0.492 e. The second-order valence-corrected chi connectivity index (χ2v) is 6.74. The third-order valence-electron chi connectivity index (χ3n) is 4.67. The number of methoxy groups -OCH3 is 1. The molecule has 1 saturated carbocycles. The molecule has 3 N–H and O–H groups in total. The van der Waals surface area contributed by atoms with E-state index in [9.17, 15) is 9.59 Å². The molecule has 158 valence electrons. The number of carbonyl (C=O) groups is 2. The zero-order chi connectivity index (χ0) is 19.6. The number of benzene rings is 1. The van der Waals surface area contributed by atoms with Crippen LogP contribution in [0.15, 0.2) is 24.3 Å². The third kappa shape index (κ3) is 7.30. The Morgan fingerprint density at radius 3 is 2.75 bits per heavy atom. The Hall–Kier alpha value is -1.83. The number of ether oxygens (including phenoxy) is 3. The minimum atomic E-state index is -0.413. The minimum absolute atomic E-state index is 0. The molecule has 8 heteroatoms. The Morgan fingerprint density at radius 2 is 2.04 bits per heavy atom. The van der Waals surface area contributed by atoms with Gasteiger partial charge in [0, 0.05) is 18.6 Å². The lowest BCUT2D eigenvalue weighted by molar-refractivity contribution is -0.128. The summed E-state index contributed by atoms with van der Waals surface area (Å²) in [7, 11) is 1.33. The molecule has 1 amide bonds. The Morgan fingerprint density at radius 1 is 1.25 bits per heavy atom. The maximum absolute atomic E-state index is 12.4. The molecule has 28 heavy (non-hydrogen) atoms. The smallest absolute Gasteiger partial charge is 0.337 e. The fourth-order valence-corrected chi connectivity index (χ4v) is 3.17. The van der Waals surface area contributed by atoms with Crippen molar-refractivity contribution in [1.82, 2.24) is 5.32 Å². The highest BCUT2D eigenvalue weighted by molar-refractivity contribution is 5.89. The number of nitrogens with one attached hydrogen (secondary N) is 1. The van der Waals surface area contributed by atoms with E-state index in [1.807, 2.05) is 0 Å². The first-order valence-corrected chi connectivity index (χ1v) is 9.51. The lowest BCUT2D eigenvalue weighted by Crippen LogP contribution is -2.46. The number of rotatable bonds is 9. The Balaban J connectivity index is 0.00000392. The van der Waals surface area contributed by atoms with Gasteiger partial charge in [-0.3, -0.25) is 4.79 Å². The predicted octanol–water partition coefficient (Wildman–Crippen LogP) is 2.31. The molecule has 0 spiro atoms. The number of nitrogens with two attached hydrogens (primary N) is 1. The molecule has 1 fully saturated rings. The van der Waals surface area contributed by atoms with Gasteiger partial charge in [0.15, 0.2) is 0 Å². The van der Waals surface area contributed by atoms with Crippen molar-refractivity contribution in [2.24, 2.45) is 11.7 Å². The van der Waals surface area contributed by atoms with Crippen molar-refractivity contribution in [3.8, 4) is 5.75 Å². The number of carbonyl (C=O) groups excluding carboxylic acids is 2. The van der Waals surface area contributed by atoms with E-state index in [0.29, 0.717) is 37.5 Å². The SMILES string of the molecule is CCCO[C@H]1C[C@@H](C(=O)NCCOc2cccc(C(=O)OC)c2)CC[C@@H]1N.Cl. The molecule has 0 unspecified atom stereocenters. The van der Waals surface area contributed by atoms with E-state index in [4.69, 9.17) is 15.2 Å². The summed E-state index contributed by atoms with van der Waals surface area (Å²) < 4.78 is 16.1. The van der Waals surface area contributed by atoms with Crippen LogP contribution in [0.5, 0.6) is 5.75 Å². The van der Waals surface area contributed by atoms with Gasteiger partial charge in [0.25, 0.3) is 0 Å². The van der Waals surface area contributed by atoms with E-state index < -0.39 is 5.97 Å². The van der Waals surface area contributed by atoms with E-state index in [-0.39, 0.29) is 36.4 Å². The van der Waals surface area contributed by atoms with Gasteiger partial charge in [-0.2, -0.15) is 0 Å². The lowest BCUT2D eigenvalue weighted by atomic mass is 9.83. The number of halogens is 1. The Kier molecular flexibility index (Phi) is 10.9. The second kappa shape index (κ2) is 12.6. The molecule has 7 nitrogen and oxygen atoms in total. The number of hydrogen-bond donors (Lipinski definition) is 2. The average Bonchev–Trinajstić information content (AvgIpc) is 2.70. The lowest BCUT2D eigenvalue weighted by Gasteiger charge is -2.33. The van der Waals surface area contributed by atoms with Crippen LogP contribution < -0.4 is 15.8 Å². The van der Waals surface area contributed by atoms with Crippen LogP contribution >= 0.6 is 12.4 Å². The van der Waals surface area contributed by atoms with Crippen molar-refractivity contribution in [3.05, 3.63) is 29.8 Å². The van der Waals surface area contributed by atoms with Crippen LogP contribution in [0.25, 0.3) is 0 Å². The van der Waals surface area contributed by atoms with Crippen molar-refractivity contribution in [1.29, 1.82) is 0 Å². The largest absolute Gasteiger partial charge is 0.492 e. The summed E-state index contributed by atoms with van der Waals surface area (Å²) in [4.78, 5) is 23.9. The first-order valence-electron chi connectivity index (χ1n) is 9.51. The zero-order valence-electron chi connectivity index (χ0n) is 16.5. The highest BCUT2D eigenvalue weighted by atomic mass is 35.5. The Labute approximate surface area is 172 Å². The van der Waals surface area contributed by atoms with E-state index in [1.165, 1.54) is 7.11 Å². The van der Waals surface area contributed by atoms with E-state index in [1.54, 1.807) is 24.3 Å². The molecule has 1 aliphatic carbocycles. The van der Waals surface area contributed by atoms with Crippen LogP contribution in [-0.4, -0.2) is 50.9 Å². The summed E-state index contributed by atoms with van der Waals surface area (Å²) in [5, 5.41) is 2.91. The molecular weight excluding hydrogens is 384 g/mol. The van der Waals surface area contributed by atoms with Gasteiger partial charge in [0.2, 0.25) is 5.91 Å². The quantitative estimate of drug-likeness (QED) is 0.475. The molecule has 0 heterocycles. The van der Waals surface area contributed by atoms with Crippen molar-refractivity contribution in [3.63, 3.8) is 0 Å². The topological polar surface area (TPSA) is 99.9 Å². The third-order valence-corrected chi connectivity index (χ3v) is 4.67. The van der Waals surface area contributed by atoms with Crippen LogP contribution in [0.1, 0.15) is 43.0 Å². The molecule has 0 bridgehead atoms. The second-order valence-electron chi connectivity index (χ2n) is 6.74. The molecule has 0 aliphatic heterocycles. The monoisotopic (exact) mass is 414 g/mol. The molecule has 0 saturated heterocycles. The van der Waals surface area contributed by atoms with Crippen molar-refractivity contribution < 1.29 is 23.8 Å². The first kappa shape index (κ1) is 24.2. The van der Waals surface area contributed by atoms with E-state index >= 15 is 0 Å². The number of amides is 1. The summed E-state index contributed by atoms with van der Waals surface area (Å²) in [5.41, 5.74) is 6.53. The van der Waals surface area contributed by atoms with E-state index in [0.717, 1.165) is 19.3 Å². The number of hydrogen-bond acceptors (Lipinski definition) is 6. The van der Waals surface area contributed by atoms with Crippen LogP contribution in [-0.2, 0) is 14.3 Å². The normalized spacial score (nSPS) is 21.3. The summed E-state index contributed by atoms with van der Waals surface area (Å²) in [6.45, 7) is 3.44. The highest BCUT2D eigenvalue weighted by Crippen LogP contribution is 2.26. The summed E-state index contributed by atoms with van der Waals surface area (Å²) in [6.07, 6.45) is 3.13. The van der Waals surface area contributed by atoms with Crippen molar-refractivity contribution in [2.75, 3.05) is 26.9 Å². The van der Waals surface area contributed by atoms with Gasteiger partial charge in [-0.05, 0) is 43.9 Å². The zero-order valence-corrected chi connectivity index (χ0v) is 17.3. The summed E-state index contributed by atoms with van der Waals surface area (Å²) >= 11 is 0. The maximum atomic E-state index is 12.4. The van der Waals surface area contributed by atoms with Gasteiger partial charge < -0.3 is 25.3 Å². The van der Waals surface area contributed by atoms with E-state index in [2.05, 4.69) is 17.0 Å². The van der Waals surface area contributed by atoms with Crippen LogP contribution in [0, 0.1) is 5.92 Å². The van der Waals surface area contributed by atoms with Crippen molar-refractivity contribution >= 4 is 24.3 Å². The molecule has 0 aromatic heterocycles. The molecule has 1 aromatic carbocycles. The molecular formula is C20H31ClN2O5. The van der Waals surface area contributed by atoms with Crippen LogP contribution in [0.2, 0.25) is 0 Å². The number of esters is 1. The summed E-state index contributed by atoms with van der Waals surface area (Å²) in [6, 6.07) is 6.76. The van der Waals surface area contributed by atoms with Gasteiger partial charge in [-0.1, -0.05) is 13.0 Å². The molecule has 2 rings (SSSR count). The van der Waals surface area contributed by atoms with Crippen LogP contribution in [0.3, 0.4) is 0 Å². The maximum Gasteiger partial charge on any atom is 0.337 e. The first-order chi connectivity index (χ1) is 13.0. The van der Waals surface area contributed by atoms with Gasteiger partial charge in [-0.25, -0.2) is 4.79 Å². The molecule has 1 aromatic rings. The fraction of sp³-hybridized carbons (Fsp3) is 0.600.